The first-order valence-electron chi connectivity index (χ1n) is 11.4. The number of ether oxygens (including phenoxy) is 1. The molecule has 0 spiro atoms. The van der Waals surface area contributed by atoms with E-state index in [-0.39, 0.29) is 18.1 Å². The molecule has 11 nitrogen and oxygen atoms in total. The van der Waals surface area contributed by atoms with Gasteiger partial charge in [-0.3, -0.25) is 14.4 Å². The van der Waals surface area contributed by atoms with Crippen molar-refractivity contribution in [3.63, 3.8) is 0 Å². The van der Waals surface area contributed by atoms with Crippen molar-refractivity contribution < 1.29 is 55.7 Å². The van der Waals surface area contributed by atoms with Gasteiger partial charge in [0.2, 0.25) is 0 Å². The van der Waals surface area contributed by atoms with E-state index in [1.165, 1.54) is 5.56 Å². The smallest absolute Gasteiger partial charge is 0.475 e. The van der Waals surface area contributed by atoms with Crippen LogP contribution in [0.2, 0.25) is 0 Å². The Labute approximate surface area is 217 Å². The number of carbonyl (C=O) groups excluding carboxylic acids is 1. The van der Waals surface area contributed by atoms with Crippen molar-refractivity contribution in [2.75, 3.05) is 13.2 Å². The molecule has 0 saturated carbocycles. The van der Waals surface area contributed by atoms with Crippen molar-refractivity contribution in [2.45, 2.75) is 49.9 Å². The summed E-state index contributed by atoms with van der Waals surface area (Å²) in [5, 5.41) is 21.7. The zero-order chi connectivity index (χ0) is 29.5. The van der Waals surface area contributed by atoms with Crippen LogP contribution in [0, 0.1) is 0 Å². The highest BCUT2D eigenvalue weighted by Crippen LogP contribution is 2.30. The van der Waals surface area contributed by atoms with Crippen molar-refractivity contribution >= 4 is 17.8 Å². The third-order valence-corrected chi connectivity index (χ3v) is 5.75. The Balaban J connectivity index is 0.000000317. The number of amides is 1. The van der Waals surface area contributed by atoms with Gasteiger partial charge in [0, 0.05) is 57.8 Å². The number of carboxylic acids is 2. The van der Waals surface area contributed by atoms with Gasteiger partial charge in [-0.15, -0.1) is 0 Å². The molecule has 2 aliphatic heterocycles. The number of halogens is 6. The molecule has 4 heterocycles. The van der Waals surface area contributed by atoms with E-state index in [1.54, 1.807) is 0 Å². The zero-order valence-electron chi connectivity index (χ0n) is 20.7. The summed E-state index contributed by atoms with van der Waals surface area (Å²) in [5.74, 6) is -5.55. The predicted octanol–water partition coefficient (Wildman–Crippen LogP) is 2.19. The standard InChI is InChI=1S/C18H25N5O2.2C2HF3O2/c1-21-7-3-5-16(21)18(24)20-14-12-23(11-13-9-19-22(2)10-13)15-6-4-8-25-17(14)15;2*3-2(4,5)1(6)7/h3,5,7,9-10,14-15,17H,4,6,8,11-12H2,1-2H3,(H,20,24);2*(H,6,7)/t14-,15-,17-;;/m1../s1. The molecular formula is C22H27F6N5O6. The maximum absolute atomic E-state index is 12.6. The molecular weight excluding hydrogens is 544 g/mol. The van der Waals surface area contributed by atoms with Crippen molar-refractivity contribution in [2.24, 2.45) is 14.1 Å². The molecule has 1 amide bonds. The highest BCUT2D eigenvalue weighted by atomic mass is 19.4. The molecule has 3 N–H and O–H groups in total. The van der Waals surface area contributed by atoms with E-state index in [9.17, 15) is 31.1 Å². The number of aliphatic carboxylic acids is 2. The lowest BCUT2D eigenvalue weighted by Crippen LogP contribution is -2.47. The van der Waals surface area contributed by atoms with Gasteiger partial charge in [0.1, 0.15) is 5.69 Å². The lowest BCUT2D eigenvalue weighted by Gasteiger charge is -2.32. The van der Waals surface area contributed by atoms with Crippen LogP contribution in [-0.2, 0) is 35.0 Å². The van der Waals surface area contributed by atoms with Crippen LogP contribution in [0.15, 0.2) is 30.7 Å². The minimum atomic E-state index is -5.08. The molecule has 2 aromatic rings. The molecule has 2 saturated heterocycles. The number of likely N-dealkylation sites (tertiary alicyclic amines) is 1. The van der Waals surface area contributed by atoms with Crippen LogP contribution in [0.3, 0.4) is 0 Å². The largest absolute Gasteiger partial charge is 0.490 e. The summed E-state index contributed by atoms with van der Waals surface area (Å²) in [6.07, 6.45) is -2.07. The van der Waals surface area contributed by atoms with Crippen molar-refractivity contribution in [1.29, 1.82) is 0 Å². The van der Waals surface area contributed by atoms with Crippen LogP contribution in [-0.4, -0.2) is 91.0 Å². The highest BCUT2D eigenvalue weighted by Gasteiger charge is 2.44. The number of alkyl halides is 6. The third-order valence-electron chi connectivity index (χ3n) is 5.75. The number of nitrogens with one attached hydrogen (secondary N) is 1. The van der Waals surface area contributed by atoms with Crippen LogP contribution in [0.5, 0.6) is 0 Å². The molecule has 39 heavy (non-hydrogen) atoms. The average molecular weight is 571 g/mol. The Morgan fingerprint density at radius 1 is 1.10 bits per heavy atom. The van der Waals surface area contributed by atoms with Crippen molar-refractivity contribution in [3.8, 4) is 0 Å². The Morgan fingerprint density at radius 3 is 2.15 bits per heavy atom. The van der Waals surface area contributed by atoms with E-state index in [0.717, 1.165) is 32.5 Å². The van der Waals surface area contributed by atoms with Crippen molar-refractivity contribution in [1.82, 2.24) is 24.6 Å². The number of aromatic nitrogens is 3. The summed E-state index contributed by atoms with van der Waals surface area (Å²) in [6, 6.07) is 4.10. The van der Waals surface area contributed by atoms with E-state index in [4.69, 9.17) is 24.5 Å². The monoisotopic (exact) mass is 571 g/mol. The molecule has 0 aliphatic carbocycles. The fourth-order valence-corrected chi connectivity index (χ4v) is 4.09. The van der Waals surface area contributed by atoms with Crippen LogP contribution in [0.25, 0.3) is 0 Å². The van der Waals surface area contributed by atoms with Crippen LogP contribution < -0.4 is 5.32 Å². The number of hydrogen-bond acceptors (Lipinski definition) is 6. The second-order valence-electron chi connectivity index (χ2n) is 8.69. The summed E-state index contributed by atoms with van der Waals surface area (Å²) in [4.78, 5) is 32.8. The first kappa shape index (κ1) is 31.6. The highest BCUT2D eigenvalue weighted by molar-refractivity contribution is 5.93. The van der Waals surface area contributed by atoms with Crippen LogP contribution in [0.4, 0.5) is 26.3 Å². The van der Waals surface area contributed by atoms with Gasteiger partial charge in [-0.05, 0) is 25.0 Å². The molecule has 17 heteroatoms. The first-order chi connectivity index (χ1) is 18.0. The summed E-state index contributed by atoms with van der Waals surface area (Å²) in [5.41, 5.74) is 1.87. The van der Waals surface area contributed by atoms with Crippen molar-refractivity contribution in [3.05, 3.63) is 42.0 Å². The van der Waals surface area contributed by atoms with E-state index in [1.807, 2.05) is 47.9 Å². The van der Waals surface area contributed by atoms with Gasteiger partial charge >= 0.3 is 24.3 Å². The quantitative estimate of drug-likeness (QED) is 0.475. The molecule has 4 rings (SSSR count). The number of rotatable bonds is 4. The summed E-state index contributed by atoms with van der Waals surface area (Å²) >= 11 is 0. The molecule has 0 bridgehead atoms. The molecule has 3 atom stereocenters. The van der Waals surface area contributed by atoms with Gasteiger partial charge in [-0.25, -0.2) is 9.59 Å². The number of hydrogen-bond donors (Lipinski definition) is 3. The zero-order valence-corrected chi connectivity index (χ0v) is 20.7. The second-order valence-corrected chi connectivity index (χ2v) is 8.69. The Bertz CT molecular complexity index is 1110. The Hall–Kier alpha value is -3.60. The topological polar surface area (TPSA) is 139 Å². The third kappa shape index (κ3) is 9.27. The molecule has 0 aromatic carbocycles. The van der Waals surface area contributed by atoms with E-state index in [0.29, 0.717) is 11.7 Å². The van der Waals surface area contributed by atoms with Gasteiger partial charge in [0.25, 0.3) is 5.91 Å². The molecule has 0 radical (unpaired) electrons. The summed E-state index contributed by atoms with van der Waals surface area (Å²) < 4.78 is 73.2. The molecule has 2 fully saturated rings. The minimum Gasteiger partial charge on any atom is -0.475 e. The molecule has 2 aliphatic rings. The fraction of sp³-hybridized carbons (Fsp3) is 0.545. The lowest BCUT2D eigenvalue weighted by atomic mass is 10.0. The van der Waals surface area contributed by atoms with Crippen LogP contribution >= 0.6 is 0 Å². The number of carboxylic acid groups (broad SMARTS) is 2. The van der Waals surface area contributed by atoms with Gasteiger partial charge in [-0.2, -0.15) is 31.4 Å². The predicted molar refractivity (Wildman–Crippen MR) is 120 cm³/mol. The minimum absolute atomic E-state index is 0.0179. The maximum atomic E-state index is 12.6. The number of carbonyl (C=O) groups is 3. The average Bonchev–Trinajstić information content (AvgIpc) is 3.53. The Kier molecular flexibility index (Phi) is 10.5. The SMILES string of the molecule is Cn1cc(CN2C[C@@H](NC(=O)c3cccn3C)[C@H]3OCCC[C@H]32)cn1.O=C(O)C(F)(F)F.O=C(O)C(F)(F)F. The number of fused-ring (bicyclic) bond motifs is 1. The molecule has 0 unspecified atom stereocenters. The van der Waals surface area contributed by atoms with E-state index in [2.05, 4.69) is 21.5 Å². The number of nitrogens with zero attached hydrogens (tertiary/aromatic N) is 4. The van der Waals surface area contributed by atoms with E-state index >= 15 is 0 Å². The second kappa shape index (κ2) is 13.0. The maximum Gasteiger partial charge on any atom is 0.490 e. The van der Waals surface area contributed by atoms with Gasteiger partial charge in [0.05, 0.1) is 18.3 Å². The number of aryl methyl sites for hydroxylation is 2. The molecule has 218 valence electrons. The van der Waals surface area contributed by atoms with Gasteiger partial charge in [0.15, 0.2) is 0 Å². The summed E-state index contributed by atoms with van der Waals surface area (Å²) in [6.45, 7) is 2.42. The van der Waals surface area contributed by atoms with Gasteiger partial charge in [-0.1, -0.05) is 0 Å². The first-order valence-corrected chi connectivity index (χ1v) is 11.4. The van der Waals surface area contributed by atoms with Gasteiger partial charge < -0.3 is 24.8 Å². The lowest BCUT2D eigenvalue weighted by molar-refractivity contribution is -0.193. The van der Waals surface area contributed by atoms with E-state index < -0.39 is 24.3 Å². The van der Waals surface area contributed by atoms with Crippen LogP contribution in [0.1, 0.15) is 28.9 Å². The molecule has 2 aromatic heterocycles. The summed E-state index contributed by atoms with van der Waals surface area (Å²) in [7, 11) is 3.82. The normalized spacial score (nSPS) is 21.1. The fourth-order valence-electron chi connectivity index (χ4n) is 4.09. The Morgan fingerprint density at radius 2 is 1.69 bits per heavy atom.